The van der Waals surface area contributed by atoms with Crippen molar-refractivity contribution in [2.45, 2.75) is 24.3 Å². The van der Waals surface area contributed by atoms with E-state index in [1.54, 1.807) is 36.4 Å². The van der Waals surface area contributed by atoms with Crippen molar-refractivity contribution in [1.82, 2.24) is 4.72 Å². The first-order chi connectivity index (χ1) is 14.8. The summed E-state index contributed by atoms with van der Waals surface area (Å²) in [6.45, 7) is 2.02. The number of hydrogen-bond donors (Lipinski definition) is 1. The van der Waals surface area contributed by atoms with Crippen LogP contribution in [-0.4, -0.2) is 51.9 Å². The second-order valence-electron chi connectivity index (χ2n) is 7.00. The molecular weight excluding hydrogens is 424 g/mol. The molecule has 2 aliphatic rings. The smallest absolute Gasteiger partial charge is 0.331 e. The van der Waals surface area contributed by atoms with Gasteiger partial charge in [0.25, 0.3) is 10.0 Å². The molecule has 0 aliphatic carbocycles. The number of nitrogens with one attached hydrogen (secondary N) is 1. The fourth-order valence-corrected chi connectivity index (χ4v) is 4.39. The Morgan fingerprint density at radius 3 is 2.68 bits per heavy atom. The second-order valence-corrected chi connectivity index (χ2v) is 8.65. The molecule has 162 valence electrons. The number of hydrogen-bond acceptors (Lipinski definition) is 8. The maximum atomic E-state index is 12.4. The number of rotatable bonds is 5. The quantitative estimate of drug-likeness (QED) is 0.550. The zero-order chi connectivity index (χ0) is 22.0. The monoisotopic (exact) mass is 444 g/mol. The van der Waals surface area contributed by atoms with Gasteiger partial charge in [-0.1, -0.05) is 12.1 Å². The Labute approximate surface area is 179 Å². The molecule has 2 heterocycles. The summed E-state index contributed by atoms with van der Waals surface area (Å²) in [5, 5.41) is 0. The Balaban J connectivity index is 1.41. The number of carbonyl (C=O) groups is 2. The summed E-state index contributed by atoms with van der Waals surface area (Å²) in [4.78, 5) is 29.0. The standard InChI is InChI=1S/C21H20N2O7S/c1-13(22-20-15-5-2-3-6-19(15)31(26,27)23-20)21(25)30-12-16(24)14-7-8-17-18(11-14)29-10-4-9-28-17/h2-3,5-8,11,13H,4,9-10,12H2,1H3,(H,22,23)/t13-/m1/s1. The summed E-state index contributed by atoms with van der Waals surface area (Å²) in [5.74, 6) is -0.0553. The van der Waals surface area contributed by atoms with E-state index in [1.807, 2.05) is 0 Å². The molecule has 31 heavy (non-hydrogen) atoms. The van der Waals surface area contributed by atoms with E-state index < -0.39 is 34.4 Å². The minimum absolute atomic E-state index is 0.0641. The lowest BCUT2D eigenvalue weighted by atomic mass is 10.1. The molecule has 10 heteroatoms. The van der Waals surface area contributed by atoms with Gasteiger partial charge in [0.05, 0.1) is 18.1 Å². The number of nitrogens with zero attached hydrogens (tertiary/aromatic N) is 1. The van der Waals surface area contributed by atoms with Gasteiger partial charge in [0.1, 0.15) is 11.9 Å². The molecule has 0 radical (unpaired) electrons. The zero-order valence-corrected chi connectivity index (χ0v) is 17.5. The molecule has 2 aromatic rings. The van der Waals surface area contributed by atoms with Crippen LogP contribution in [0.4, 0.5) is 0 Å². The molecule has 0 saturated heterocycles. The molecule has 0 fully saturated rings. The molecular formula is C21H20N2O7S. The van der Waals surface area contributed by atoms with Crippen LogP contribution in [0.3, 0.4) is 0 Å². The normalized spacial score (nSPS) is 18.4. The van der Waals surface area contributed by atoms with Gasteiger partial charge in [-0.05, 0) is 37.3 Å². The number of Topliss-reactive ketones (excluding diaryl/α,β-unsaturated/α-hetero) is 1. The lowest BCUT2D eigenvalue weighted by Gasteiger charge is -2.10. The van der Waals surface area contributed by atoms with E-state index in [4.69, 9.17) is 14.2 Å². The molecule has 0 unspecified atom stereocenters. The highest BCUT2D eigenvalue weighted by Crippen LogP contribution is 2.30. The van der Waals surface area contributed by atoms with Crippen molar-refractivity contribution in [1.29, 1.82) is 0 Å². The molecule has 0 amide bonds. The van der Waals surface area contributed by atoms with E-state index in [0.29, 0.717) is 35.8 Å². The van der Waals surface area contributed by atoms with Crippen molar-refractivity contribution in [2.24, 2.45) is 4.99 Å². The summed E-state index contributed by atoms with van der Waals surface area (Å²) < 4.78 is 42.8. The van der Waals surface area contributed by atoms with Crippen molar-refractivity contribution < 1.29 is 32.2 Å². The van der Waals surface area contributed by atoms with Crippen LogP contribution in [0, 0.1) is 0 Å². The van der Waals surface area contributed by atoms with Crippen LogP contribution >= 0.6 is 0 Å². The van der Waals surface area contributed by atoms with Gasteiger partial charge < -0.3 is 14.2 Å². The summed E-state index contributed by atoms with van der Waals surface area (Å²) >= 11 is 0. The van der Waals surface area contributed by atoms with Crippen molar-refractivity contribution in [3.8, 4) is 11.5 Å². The number of aliphatic imine (C=N–C) groups is 1. The summed E-state index contributed by atoms with van der Waals surface area (Å²) in [7, 11) is -3.71. The van der Waals surface area contributed by atoms with Gasteiger partial charge in [0.15, 0.2) is 23.9 Å². The minimum atomic E-state index is -3.71. The Kier molecular flexibility index (Phi) is 5.64. The number of fused-ring (bicyclic) bond motifs is 2. The summed E-state index contributed by atoms with van der Waals surface area (Å²) in [6.07, 6.45) is 0.747. The zero-order valence-electron chi connectivity index (χ0n) is 16.7. The fraction of sp³-hybridized carbons (Fsp3) is 0.286. The Morgan fingerprint density at radius 1 is 1.13 bits per heavy atom. The predicted molar refractivity (Wildman–Crippen MR) is 110 cm³/mol. The lowest BCUT2D eigenvalue weighted by Crippen LogP contribution is -2.27. The number of sulfonamides is 1. The van der Waals surface area contributed by atoms with E-state index in [1.165, 1.54) is 13.0 Å². The van der Waals surface area contributed by atoms with Crippen LogP contribution in [0.1, 0.15) is 29.3 Å². The van der Waals surface area contributed by atoms with Crippen LogP contribution < -0.4 is 14.2 Å². The second kappa shape index (κ2) is 8.38. The van der Waals surface area contributed by atoms with E-state index in [2.05, 4.69) is 9.71 Å². The van der Waals surface area contributed by atoms with Crippen LogP contribution in [0.2, 0.25) is 0 Å². The first kappa shape index (κ1) is 20.9. The van der Waals surface area contributed by atoms with Crippen LogP contribution in [-0.2, 0) is 19.6 Å². The highest BCUT2D eigenvalue weighted by Gasteiger charge is 2.31. The van der Waals surface area contributed by atoms with Crippen molar-refractivity contribution >= 4 is 27.6 Å². The van der Waals surface area contributed by atoms with Gasteiger partial charge in [-0.15, -0.1) is 0 Å². The third-order valence-electron chi connectivity index (χ3n) is 4.74. The third kappa shape index (κ3) is 4.38. The van der Waals surface area contributed by atoms with E-state index in [0.717, 1.165) is 6.42 Å². The average molecular weight is 444 g/mol. The van der Waals surface area contributed by atoms with Gasteiger partial charge in [-0.2, -0.15) is 0 Å². The molecule has 0 saturated carbocycles. The molecule has 2 aliphatic heterocycles. The molecule has 9 nitrogen and oxygen atoms in total. The SMILES string of the molecule is C[C@@H](N=C1NS(=O)(=O)c2ccccc21)C(=O)OCC(=O)c1ccc2c(c1)OCCCO2. The number of amidine groups is 1. The average Bonchev–Trinajstić information content (AvgIpc) is 2.90. The van der Waals surface area contributed by atoms with Crippen molar-refractivity contribution in [2.75, 3.05) is 19.8 Å². The predicted octanol–water partition coefficient (Wildman–Crippen LogP) is 1.70. The Bertz CT molecular complexity index is 1170. The van der Waals surface area contributed by atoms with Crippen LogP contribution in [0.5, 0.6) is 11.5 Å². The van der Waals surface area contributed by atoms with Crippen molar-refractivity contribution in [3.05, 3.63) is 53.6 Å². The molecule has 0 spiro atoms. The minimum Gasteiger partial charge on any atom is -0.490 e. The number of esters is 1. The molecule has 0 bridgehead atoms. The Hall–Kier alpha value is -3.40. The number of carbonyl (C=O) groups excluding carboxylic acids is 2. The fourth-order valence-electron chi connectivity index (χ4n) is 3.15. The molecule has 0 aromatic heterocycles. The third-order valence-corrected chi connectivity index (χ3v) is 6.14. The molecule has 1 N–H and O–H groups in total. The first-order valence-corrected chi connectivity index (χ1v) is 11.1. The maximum absolute atomic E-state index is 12.4. The summed E-state index contributed by atoms with van der Waals surface area (Å²) in [5.41, 5.74) is 0.707. The number of ketones is 1. The highest BCUT2D eigenvalue weighted by molar-refractivity contribution is 7.90. The van der Waals surface area contributed by atoms with Gasteiger partial charge in [0, 0.05) is 17.5 Å². The van der Waals surface area contributed by atoms with Gasteiger partial charge in [-0.3, -0.25) is 14.5 Å². The molecule has 2 aromatic carbocycles. The molecule has 4 rings (SSSR count). The maximum Gasteiger partial charge on any atom is 0.331 e. The Morgan fingerprint density at radius 2 is 1.87 bits per heavy atom. The molecule has 1 atom stereocenters. The van der Waals surface area contributed by atoms with Crippen LogP contribution in [0.25, 0.3) is 0 Å². The van der Waals surface area contributed by atoms with Gasteiger partial charge in [0.2, 0.25) is 0 Å². The number of benzene rings is 2. The van der Waals surface area contributed by atoms with E-state index in [9.17, 15) is 18.0 Å². The largest absolute Gasteiger partial charge is 0.490 e. The number of ether oxygens (including phenoxy) is 3. The van der Waals surface area contributed by atoms with Crippen molar-refractivity contribution in [3.63, 3.8) is 0 Å². The van der Waals surface area contributed by atoms with Crippen LogP contribution in [0.15, 0.2) is 52.4 Å². The summed E-state index contributed by atoms with van der Waals surface area (Å²) in [6, 6.07) is 10.1. The van der Waals surface area contributed by atoms with Gasteiger partial charge in [-0.25, -0.2) is 13.2 Å². The highest BCUT2D eigenvalue weighted by atomic mass is 32.2. The van der Waals surface area contributed by atoms with E-state index in [-0.39, 0.29) is 10.7 Å². The van der Waals surface area contributed by atoms with Gasteiger partial charge >= 0.3 is 5.97 Å². The lowest BCUT2D eigenvalue weighted by molar-refractivity contribution is -0.143. The van der Waals surface area contributed by atoms with E-state index >= 15 is 0 Å². The first-order valence-electron chi connectivity index (χ1n) is 9.64. The topological polar surface area (TPSA) is 120 Å².